The molecule has 1 heterocycles. The summed E-state index contributed by atoms with van der Waals surface area (Å²) < 4.78 is 1.99. The summed E-state index contributed by atoms with van der Waals surface area (Å²) in [6.45, 7) is 0.765. The summed E-state index contributed by atoms with van der Waals surface area (Å²) in [6.07, 6.45) is 9.04. The van der Waals surface area contributed by atoms with Crippen LogP contribution in [0.2, 0.25) is 0 Å². The Morgan fingerprint density at radius 1 is 1.12 bits per heavy atom. The molecule has 6 nitrogen and oxygen atoms in total. The molecule has 24 heavy (non-hydrogen) atoms. The zero-order valence-corrected chi connectivity index (χ0v) is 13.2. The molecule has 0 saturated carbocycles. The molecular formula is C18H19N2O4+. The molecule has 0 fully saturated rings. The molecule has 1 aromatic heterocycles. The van der Waals surface area contributed by atoms with Crippen LogP contribution in [0.25, 0.3) is 12.2 Å². The molecule has 0 bridgehead atoms. The van der Waals surface area contributed by atoms with Crippen molar-refractivity contribution in [2.24, 2.45) is 0 Å². The Bertz CT molecular complexity index is 739. The molecule has 124 valence electrons. The molecule has 0 saturated heterocycles. The van der Waals surface area contributed by atoms with Gasteiger partial charge in [-0.15, -0.1) is 0 Å². The predicted octanol–water partition coefficient (Wildman–Crippen LogP) is 3.31. The van der Waals surface area contributed by atoms with E-state index >= 15 is 0 Å². The Morgan fingerprint density at radius 3 is 2.50 bits per heavy atom. The standard InChI is InChI=1S/C18H18N2O4/c21-18(22)7-3-4-12-19-13-10-15(11-14-19)8-9-16-5-1-2-6-17(16)20(23)24/h1-2,5-6,8-11,13-14H,3-4,7,12H2/p+1/b9-8-. The predicted molar refractivity (Wildman–Crippen MR) is 90.1 cm³/mol. The summed E-state index contributed by atoms with van der Waals surface area (Å²) in [5, 5.41) is 19.6. The van der Waals surface area contributed by atoms with Crippen LogP contribution in [0, 0.1) is 10.1 Å². The summed E-state index contributed by atoms with van der Waals surface area (Å²) >= 11 is 0. The number of carboxylic acids is 1. The van der Waals surface area contributed by atoms with Crippen LogP contribution >= 0.6 is 0 Å². The number of pyridine rings is 1. The number of rotatable bonds is 8. The fourth-order valence-corrected chi connectivity index (χ4v) is 2.28. The molecule has 0 aliphatic heterocycles. The van der Waals surface area contributed by atoms with E-state index in [4.69, 9.17) is 5.11 Å². The lowest BCUT2D eigenvalue weighted by atomic mass is 10.1. The van der Waals surface area contributed by atoms with Gasteiger partial charge in [-0.05, 0) is 24.1 Å². The quantitative estimate of drug-likeness (QED) is 0.349. The number of para-hydroxylation sites is 1. The maximum absolute atomic E-state index is 11.0. The van der Waals surface area contributed by atoms with Gasteiger partial charge in [0.05, 0.1) is 10.5 Å². The van der Waals surface area contributed by atoms with E-state index < -0.39 is 10.9 Å². The van der Waals surface area contributed by atoms with Crippen molar-refractivity contribution < 1.29 is 19.4 Å². The van der Waals surface area contributed by atoms with Crippen LogP contribution in [-0.4, -0.2) is 16.0 Å². The van der Waals surface area contributed by atoms with Gasteiger partial charge < -0.3 is 5.11 Å². The monoisotopic (exact) mass is 327 g/mol. The number of benzene rings is 1. The lowest BCUT2D eigenvalue weighted by Gasteiger charge is -1.98. The third-order valence-corrected chi connectivity index (χ3v) is 3.56. The third-order valence-electron chi connectivity index (χ3n) is 3.56. The summed E-state index contributed by atoms with van der Waals surface area (Å²) in [7, 11) is 0. The Labute approximate surface area is 139 Å². The molecule has 0 amide bonds. The van der Waals surface area contributed by atoms with Gasteiger partial charge in [0.25, 0.3) is 5.69 Å². The highest BCUT2D eigenvalue weighted by Crippen LogP contribution is 2.20. The van der Waals surface area contributed by atoms with Crippen molar-refractivity contribution >= 4 is 23.8 Å². The molecule has 0 spiro atoms. The number of nitro benzene ring substituents is 1. The number of carboxylic acid groups (broad SMARTS) is 1. The highest BCUT2D eigenvalue weighted by atomic mass is 16.6. The van der Waals surface area contributed by atoms with E-state index in [-0.39, 0.29) is 12.1 Å². The van der Waals surface area contributed by atoms with Crippen LogP contribution in [0.3, 0.4) is 0 Å². The summed E-state index contributed by atoms with van der Waals surface area (Å²) in [4.78, 5) is 21.0. The van der Waals surface area contributed by atoms with E-state index in [2.05, 4.69) is 0 Å². The lowest BCUT2D eigenvalue weighted by molar-refractivity contribution is -0.697. The zero-order valence-electron chi connectivity index (χ0n) is 13.2. The number of unbranched alkanes of at least 4 members (excludes halogenated alkanes) is 1. The number of nitro groups is 1. The first-order valence-electron chi connectivity index (χ1n) is 7.68. The van der Waals surface area contributed by atoms with Crippen molar-refractivity contribution in [1.82, 2.24) is 0 Å². The van der Waals surface area contributed by atoms with Gasteiger partial charge in [-0.1, -0.05) is 18.2 Å². The van der Waals surface area contributed by atoms with Gasteiger partial charge in [0.15, 0.2) is 12.4 Å². The first kappa shape index (κ1) is 17.3. The molecular weight excluding hydrogens is 308 g/mol. The molecule has 6 heteroatoms. The minimum Gasteiger partial charge on any atom is -0.481 e. The van der Waals surface area contributed by atoms with Gasteiger partial charge in [0.1, 0.15) is 6.54 Å². The Morgan fingerprint density at radius 2 is 1.83 bits per heavy atom. The summed E-state index contributed by atoms with van der Waals surface area (Å²) in [5.74, 6) is -0.768. The van der Waals surface area contributed by atoms with Gasteiger partial charge in [-0.2, -0.15) is 0 Å². The fourth-order valence-electron chi connectivity index (χ4n) is 2.28. The van der Waals surface area contributed by atoms with Crippen LogP contribution in [-0.2, 0) is 11.3 Å². The van der Waals surface area contributed by atoms with Crippen molar-refractivity contribution in [2.45, 2.75) is 25.8 Å². The minimum absolute atomic E-state index is 0.0816. The van der Waals surface area contributed by atoms with Crippen LogP contribution in [0.1, 0.15) is 30.4 Å². The molecule has 0 unspecified atom stereocenters. The van der Waals surface area contributed by atoms with E-state index in [1.54, 1.807) is 24.3 Å². The second kappa shape index (κ2) is 8.57. The second-order valence-electron chi connectivity index (χ2n) is 5.37. The number of hydrogen-bond acceptors (Lipinski definition) is 3. The maximum Gasteiger partial charge on any atom is 0.303 e. The summed E-state index contributed by atoms with van der Waals surface area (Å²) in [6, 6.07) is 10.4. The topological polar surface area (TPSA) is 84.3 Å². The van der Waals surface area contributed by atoms with Crippen molar-refractivity contribution in [3.05, 3.63) is 70.0 Å². The number of nitrogens with zero attached hydrogens (tertiary/aromatic N) is 2. The highest BCUT2D eigenvalue weighted by molar-refractivity contribution is 5.73. The van der Waals surface area contributed by atoms with E-state index in [9.17, 15) is 14.9 Å². The van der Waals surface area contributed by atoms with Crippen LogP contribution in [0.5, 0.6) is 0 Å². The van der Waals surface area contributed by atoms with E-state index in [0.717, 1.165) is 18.5 Å². The second-order valence-corrected chi connectivity index (χ2v) is 5.37. The van der Waals surface area contributed by atoms with Crippen LogP contribution in [0.15, 0.2) is 48.8 Å². The number of carbonyl (C=O) groups is 1. The average molecular weight is 327 g/mol. The third kappa shape index (κ3) is 5.31. The average Bonchev–Trinajstić information content (AvgIpc) is 2.58. The molecule has 0 atom stereocenters. The van der Waals surface area contributed by atoms with Crippen molar-refractivity contribution in [3.8, 4) is 0 Å². The molecule has 0 aliphatic carbocycles. The number of aryl methyl sites for hydroxylation is 1. The van der Waals surface area contributed by atoms with Crippen molar-refractivity contribution in [1.29, 1.82) is 0 Å². The van der Waals surface area contributed by atoms with Crippen molar-refractivity contribution in [2.75, 3.05) is 0 Å². The Kier molecular flexibility index (Phi) is 6.19. The molecule has 2 aromatic rings. The lowest BCUT2D eigenvalue weighted by Crippen LogP contribution is -2.32. The van der Waals surface area contributed by atoms with Crippen molar-refractivity contribution in [3.63, 3.8) is 0 Å². The first-order valence-corrected chi connectivity index (χ1v) is 7.68. The number of hydrogen-bond donors (Lipinski definition) is 1. The minimum atomic E-state index is -0.768. The van der Waals surface area contributed by atoms with Crippen LogP contribution < -0.4 is 4.57 Å². The largest absolute Gasteiger partial charge is 0.481 e. The molecule has 2 rings (SSSR count). The SMILES string of the molecule is O=C(O)CCCC[n+]1ccc(/C=C\c2ccccc2[N+](=O)[O-])cc1. The van der Waals surface area contributed by atoms with E-state index in [1.165, 1.54) is 6.07 Å². The van der Waals surface area contributed by atoms with Gasteiger partial charge in [0.2, 0.25) is 0 Å². The van der Waals surface area contributed by atoms with Crippen LogP contribution in [0.4, 0.5) is 5.69 Å². The Hall–Kier alpha value is -3.02. The number of aromatic nitrogens is 1. The molecule has 0 aliphatic rings. The molecule has 1 N–H and O–H groups in total. The number of aliphatic carboxylic acids is 1. The van der Waals surface area contributed by atoms with E-state index in [1.807, 2.05) is 35.2 Å². The molecule has 1 aromatic carbocycles. The van der Waals surface area contributed by atoms with Gasteiger partial charge >= 0.3 is 5.97 Å². The highest BCUT2D eigenvalue weighted by Gasteiger charge is 2.09. The fraction of sp³-hybridized carbons (Fsp3) is 0.222. The maximum atomic E-state index is 11.0. The normalized spacial score (nSPS) is 10.8. The smallest absolute Gasteiger partial charge is 0.303 e. The van der Waals surface area contributed by atoms with Gasteiger partial charge in [-0.25, -0.2) is 4.57 Å². The zero-order chi connectivity index (χ0) is 17.4. The van der Waals surface area contributed by atoms with Gasteiger partial charge in [-0.3, -0.25) is 14.9 Å². The first-order chi connectivity index (χ1) is 11.6. The van der Waals surface area contributed by atoms with Gasteiger partial charge in [0, 0.05) is 31.0 Å². The molecule has 0 radical (unpaired) electrons. The van der Waals surface area contributed by atoms with E-state index in [0.29, 0.717) is 12.0 Å². The summed E-state index contributed by atoms with van der Waals surface area (Å²) in [5.41, 5.74) is 1.58. The Balaban J connectivity index is 1.96.